The van der Waals surface area contributed by atoms with E-state index in [1.165, 1.54) is 0 Å². The lowest BCUT2D eigenvalue weighted by Crippen LogP contribution is -1.93. The standard InChI is InChI=1S/C24H19BrN2O2/c1-27-23-19-11-9-17(29-3)13-21(19)20-12-16(28-2)8-10-18(20)22(23)26-24(27)14-4-6-15(25)7-5-14/h4-13H,1-3H3. The van der Waals surface area contributed by atoms with Crippen LogP contribution in [0.3, 0.4) is 0 Å². The molecule has 0 N–H and O–H groups in total. The zero-order valence-corrected chi connectivity index (χ0v) is 17.9. The van der Waals surface area contributed by atoms with Gasteiger partial charge >= 0.3 is 0 Å². The highest BCUT2D eigenvalue weighted by atomic mass is 79.9. The maximum Gasteiger partial charge on any atom is 0.140 e. The van der Waals surface area contributed by atoms with Gasteiger partial charge in [-0.2, -0.15) is 0 Å². The Balaban J connectivity index is 1.95. The number of rotatable bonds is 3. The molecule has 29 heavy (non-hydrogen) atoms. The van der Waals surface area contributed by atoms with Gasteiger partial charge in [-0.05, 0) is 59.3 Å². The number of aryl methyl sites for hydroxylation is 1. The van der Waals surface area contributed by atoms with E-state index in [2.05, 4.69) is 63.9 Å². The number of nitrogens with zero attached hydrogens (tertiary/aromatic N) is 2. The second kappa shape index (κ2) is 6.78. The number of methoxy groups -OCH3 is 2. The van der Waals surface area contributed by atoms with Crippen molar-refractivity contribution >= 4 is 48.5 Å². The summed E-state index contributed by atoms with van der Waals surface area (Å²) >= 11 is 3.51. The lowest BCUT2D eigenvalue weighted by Gasteiger charge is -2.11. The normalized spacial score (nSPS) is 11.4. The van der Waals surface area contributed by atoms with Crippen LogP contribution in [0.5, 0.6) is 11.5 Å². The zero-order chi connectivity index (χ0) is 20.1. The van der Waals surface area contributed by atoms with E-state index in [9.17, 15) is 0 Å². The third-order valence-electron chi connectivity index (χ3n) is 5.45. The Labute approximate surface area is 176 Å². The topological polar surface area (TPSA) is 36.3 Å². The molecule has 0 saturated heterocycles. The first-order valence-electron chi connectivity index (χ1n) is 9.30. The number of benzene rings is 4. The monoisotopic (exact) mass is 446 g/mol. The lowest BCUT2D eigenvalue weighted by atomic mass is 9.99. The number of hydrogen-bond acceptors (Lipinski definition) is 3. The molecule has 0 aliphatic carbocycles. The summed E-state index contributed by atoms with van der Waals surface area (Å²) in [5, 5.41) is 4.46. The third kappa shape index (κ3) is 2.76. The van der Waals surface area contributed by atoms with Gasteiger partial charge in [-0.3, -0.25) is 0 Å². The molecule has 0 bridgehead atoms. The quantitative estimate of drug-likeness (QED) is 0.304. The van der Waals surface area contributed by atoms with E-state index in [4.69, 9.17) is 14.5 Å². The van der Waals surface area contributed by atoms with Crippen LogP contribution in [0.1, 0.15) is 0 Å². The van der Waals surface area contributed by atoms with Crippen molar-refractivity contribution in [2.45, 2.75) is 0 Å². The molecule has 4 aromatic carbocycles. The molecule has 0 radical (unpaired) electrons. The summed E-state index contributed by atoms with van der Waals surface area (Å²) in [6.45, 7) is 0. The van der Waals surface area contributed by atoms with Crippen LogP contribution in [-0.4, -0.2) is 23.8 Å². The van der Waals surface area contributed by atoms with Crippen LogP contribution in [-0.2, 0) is 7.05 Å². The SMILES string of the molecule is COc1ccc2c(c1)c1cc(OC)ccc1c1c2nc(-c2ccc(Br)cc2)n1C. The van der Waals surface area contributed by atoms with Gasteiger partial charge < -0.3 is 14.0 Å². The van der Waals surface area contributed by atoms with Crippen LogP contribution < -0.4 is 9.47 Å². The number of hydrogen-bond donors (Lipinski definition) is 0. The molecule has 4 nitrogen and oxygen atoms in total. The van der Waals surface area contributed by atoms with E-state index in [0.717, 1.165) is 59.9 Å². The molecular weight excluding hydrogens is 428 g/mol. The Morgan fingerprint density at radius 1 is 0.759 bits per heavy atom. The smallest absolute Gasteiger partial charge is 0.140 e. The molecular formula is C24H19BrN2O2. The van der Waals surface area contributed by atoms with Crippen LogP contribution in [0.15, 0.2) is 65.1 Å². The largest absolute Gasteiger partial charge is 0.497 e. The van der Waals surface area contributed by atoms with E-state index >= 15 is 0 Å². The molecule has 0 unspecified atom stereocenters. The summed E-state index contributed by atoms with van der Waals surface area (Å²) in [4.78, 5) is 5.06. The van der Waals surface area contributed by atoms with Crippen LogP contribution >= 0.6 is 15.9 Å². The molecule has 0 spiro atoms. The predicted molar refractivity (Wildman–Crippen MR) is 122 cm³/mol. The number of halogens is 1. The van der Waals surface area contributed by atoms with Gasteiger partial charge in [0.15, 0.2) is 0 Å². The van der Waals surface area contributed by atoms with Crippen molar-refractivity contribution in [2.75, 3.05) is 14.2 Å². The van der Waals surface area contributed by atoms with E-state index in [1.807, 2.05) is 24.3 Å². The van der Waals surface area contributed by atoms with Crippen molar-refractivity contribution in [1.29, 1.82) is 0 Å². The maximum absolute atomic E-state index is 5.50. The van der Waals surface area contributed by atoms with Crippen LogP contribution in [0.25, 0.3) is 44.0 Å². The van der Waals surface area contributed by atoms with E-state index < -0.39 is 0 Å². The van der Waals surface area contributed by atoms with Gasteiger partial charge in [-0.1, -0.05) is 28.1 Å². The summed E-state index contributed by atoms with van der Waals surface area (Å²) in [7, 11) is 5.46. The first-order chi connectivity index (χ1) is 14.1. The van der Waals surface area contributed by atoms with Crippen LogP contribution in [0.2, 0.25) is 0 Å². The van der Waals surface area contributed by atoms with Crippen molar-refractivity contribution in [1.82, 2.24) is 9.55 Å². The number of aromatic nitrogens is 2. The van der Waals surface area contributed by atoms with E-state index in [1.54, 1.807) is 14.2 Å². The fourth-order valence-electron chi connectivity index (χ4n) is 4.01. The Hall–Kier alpha value is -3.05. The molecule has 5 rings (SSSR count). The van der Waals surface area contributed by atoms with E-state index in [-0.39, 0.29) is 0 Å². The van der Waals surface area contributed by atoms with Crippen LogP contribution in [0.4, 0.5) is 0 Å². The Bertz CT molecular complexity index is 1390. The predicted octanol–water partition coefficient (Wildman–Crippen LogP) is 6.33. The first-order valence-corrected chi connectivity index (χ1v) is 10.1. The average molecular weight is 447 g/mol. The van der Waals surface area contributed by atoms with Crippen molar-refractivity contribution in [2.24, 2.45) is 7.05 Å². The molecule has 0 atom stereocenters. The molecule has 1 aromatic heterocycles. The second-order valence-electron chi connectivity index (χ2n) is 7.02. The summed E-state index contributed by atoms with van der Waals surface area (Å²) in [6.07, 6.45) is 0. The second-order valence-corrected chi connectivity index (χ2v) is 7.94. The Morgan fingerprint density at radius 3 is 1.97 bits per heavy atom. The molecule has 0 fully saturated rings. The third-order valence-corrected chi connectivity index (χ3v) is 5.98. The average Bonchev–Trinajstić information content (AvgIpc) is 3.11. The lowest BCUT2D eigenvalue weighted by molar-refractivity contribution is 0.415. The highest BCUT2D eigenvalue weighted by Crippen LogP contribution is 2.39. The molecule has 0 amide bonds. The van der Waals surface area contributed by atoms with Crippen molar-refractivity contribution in [3.05, 3.63) is 65.1 Å². The summed E-state index contributed by atoms with van der Waals surface area (Å²) in [5.41, 5.74) is 3.18. The Kier molecular flexibility index (Phi) is 4.21. The molecule has 5 aromatic rings. The fraction of sp³-hybridized carbons (Fsp3) is 0.125. The summed E-state index contributed by atoms with van der Waals surface area (Å²) in [6, 6.07) is 20.6. The fourth-order valence-corrected chi connectivity index (χ4v) is 4.28. The summed E-state index contributed by atoms with van der Waals surface area (Å²) in [5.74, 6) is 2.59. The molecule has 144 valence electrons. The Morgan fingerprint density at radius 2 is 1.34 bits per heavy atom. The van der Waals surface area contributed by atoms with Gasteiger partial charge in [0.05, 0.1) is 25.3 Å². The number of ether oxygens (including phenoxy) is 2. The van der Waals surface area contributed by atoms with Crippen LogP contribution in [0, 0.1) is 0 Å². The highest BCUT2D eigenvalue weighted by molar-refractivity contribution is 9.10. The highest BCUT2D eigenvalue weighted by Gasteiger charge is 2.18. The van der Waals surface area contributed by atoms with Gasteiger partial charge in [-0.25, -0.2) is 4.98 Å². The minimum absolute atomic E-state index is 0.824. The van der Waals surface area contributed by atoms with Gasteiger partial charge in [0.2, 0.25) is 0 Å². The van der Waals surface area contributed by atoms with Crippen molar-refractivity contribution < 1.29 is 9.47 Å². The minimum atomic E-state index is 0.824. The van der Waals surface area contributed by atoms with Gasteiger partial charge in [0, 0.05) is 27.9 Å². The van der Waals surface area contributed by atoms with Gasteiger partial charge in [-0.15, -0.1) is 0 Å². The van der Waals surface area contributed by atoms with Crippen molar-refractivity contribution in [3.63, 3.8) is 0 Å². The first kappa shape index (κ1) is 18.0. The molecule has 0 aliphatic rings. The number of fused-ring (bicyclic) bond motifs is 6. The summed E-state index contributed by atoms with van der Waals surface area (Å²) < 4.78 is 14.2. The molecule has 0 aliphatic heterocycles. The maximum atomic E-state index is 5.50. The van der Waals surface area contributed by atoms with Gasteiger partial charge in [0.1, 0.15) is 17.3 Å². The molecule has 5 heteroatoms. The van der Waals surface area contributed by atoms with Gasteiger partial charge in [0.25, 0.3) is 0 Å². The minimum Gasteiger partial charge on any atom is -0.497 e. The van der Waals surface area contributed by atoms with Crippen molar-refractivity contribution in [3.8, 4) is 22.9 Å². The zero-order valence-electron chi connectivity index (χ0n) is 16.4. The molecule has 1 heterocycles. The molecule has 0 saturated carbocycles. The van der Waals surface area contributed by atoms with E-state index in [0.29, 0.717) is 0 Å². The number of imidazole rings is 1.